The van der Waals surface area contributed by atoms with E-state index in [9.17, 15) is 9.90 Å². The summed E-state index contributed by atoms with van der Waals surface area (Å²) in [5, 5.41) is 23.0. The van der Waals surface area contributed by atoms with Crippen LogP contribution < -0.4 is 28.3 Å². The molecule has 0 spiro atoms. The summed E-state index contributed by atoms with van der Waals surface area (Å²) in [5.74, 6) is 3.89. The number of guanidine groups is 2. The number of amides is 1. The number of nitrogens with one attached hydrogen (secondary N) is 1. The molecule has 10 N–H and O–H groups in total. The van der Waals surface area contributed by atoms with Gasteiger partial charge in [-0.3, -0.25) is 4.79 Å². The van der Waals surface area contributed by atoms with Crippen LogP contribution in [0, 0.1) is 46.3 Å². The van der Waals surface area contributed by atoms with Crippen molar-refractivity contribution < 1.29 is 14.6 Å². The fraction of sp³-hybridized carbons (Fsp3) is 0.853. The van der Waals surface area contributed by atoms with Gasteiger partial charge in [-0.1, -0.05) is 70.2 Å². The molecule has 0 radical (unpaired) electrons. The van der Waals surface area contributed by atoms with E-state index in [-0.39, 0.29) is 41.0 Å². The normalized spacial score (nSPS) is 35.5. The maximum absolute atomic E-state index is 13.4. The molecule has 0 saturated heterocycles. The molecule has 250 valence electrons. The molecule has 0 aromatic heterocycles. The number of carbonyl (C=O) groups excluding carboxylic acids is 1. The highest BCUT2D eigenvalue weighted by Crippen LogP contribution is 2.67. The average Bonchev–Trinajstić information content (AvgIpc) is 3.29. The first-order chi connectivity index (χ1) is 20.6. The van der Waals surface area contributed by atoms with Crippen molar-refractivity contribution in [2.75, 3.05) is 19.6 Å². The van der Waals surface area contributed by atoms with E-state index in [4.69, 9.17) is 22.9 Å². The summed E-state index contributed by atoms with van der Waals surface area (Å²) in [4.78, 5) is 13.4. The van der Waals surface area contributed by atoms with Crippen LogP contribution in [0.15, 0.2) is 21.9 Å². The molecule has 0 aromatic carbocycles. The second kappa shape index (κ2) is 13.2. The second-order valence-corrected chi connectivity index (χ2v) is 15.7. The SMILES string of the molecule is CC[N+](CCNC(=O)C1(O)CC[C@@]2(C)C(=CC[C@H]3[C@@H]4CC[C@H]([C@H](C)CCCC(C)C)[C@@]4(C)CC[C@@H]32)C1)(N=C(N)N)N=C(N)N. The maximum Gasteiger partial charge on any atom is 0.252 e. The average molecular weight is 616 g/mol. The van der Waals surface area contributed by atoms with Crippen molar-refractivity contribution >= 4 is 17.8 Å². The predicted octanol–water partition coefficient (Wildman–Crippen LogP) is 4.09. The molecule has 3 saturated carbocycles. The Kier molecular flexibility index (Phi) is 10.4. The van der Waals surface area contributed by atoms with E-state index in [1.807, 2.05) is 6.92 Å². The van der Waals surface area contributed by atoms with Gasteiger partial charge in [0.2, 0.25) is 11.9 Å². The summed E-state index contributed by atoms with van der Waals surface area (Å²) < 4.78 is -0.284. The zero-order valence-electron chi connectivity index (χ0n) is 28.4. The lowest BCUT2D eigenvalue weighted by atomic mass is 9.46. The molecule has 8 atom stereocenters. The molecule has 0 aromatic rings. The Morgan fingerprint density at radius 2 is 1.70 bits per heavy atom. The highest BCUT2D eigenvalue weighted by molar-refractivity contribution is 5.85. The minimum Gasteiger partial charge on any atom is -0.380 e. The molecule has 3 fully saturated rings. The maximum atomic E-state index is 13.4. The predicted molar refractivity (Wildman–Crippen MR) is 178 cm³/mol. The van der Waals surface area contributed by atoms with E-state index in [0.717, 1.165) is 36.5 Å². The molecule has 4 aliphatic rings. The van der Waals surface area contributed by atoms with E-state index in [1.165, 1.54) is 50.5 Å². The first kappa shape index (κ1) is 34.5. The smallest absolute Gasteiger partial charge is 0.252 e. The monoisotopic (exact) mass is 616 g/mol. The first-order valence-electron chi connectivity index (χ1n) is 17.4. The molecule has 0 bridgehead atoms. The molecule has 4 aliphatic carbocycles. The minimum absolute atomic E-state index is 0.0483. The molecule has 10 heteroatoms. The summed E-state index contributed by atoms with van der Waals surface area (Å²) in [6.45, 7) is 15.0. The topological polar surface area (TPSA) is 178 Å². The Morgan fingerprint density at radius 3 is 2.32 bits per heavy atom. The van der Waals surface area contributed by atoms with Crippen molar-refractivity contribution in [2.24, 2.45) is 79.5 Å². The Hall–Kier alpha value is -2.33. The second-order valence-electron chi connectivity index (χ2n) is 15.7. The molecular formula is C34H63N8O2+. The Morgan fingerprint density at radius 1 is 1.02 bits per heavy atom. The highest BCUT2D eigenvalue weighted by atomic mass is 16.3. The largest absolute Gasteiger partial charge is 0.380 e. The summed E-state index contributed by atoms with van der Waals surface area (Å²) in [7, 11) is 0. The zero-order chi connectivity index (χ0) is 32.5. The van der Waals surface area contributed by atoms with Crippen LogP contribution in [0.25, 0.3) is 0 Å². The van der Waals surface area contributed by atoms with E-state index >= 15 is 0 Å². The Balaban J connectivity index is 1.42. The van der Waals surface area contributed by atoms with Gasteiger partial charge in [-0.25, -0.2) is 0 Å². The van der Waals surface area contributed by atoms with Crippen LogP contribution in [0.3, 0.4) is 0 Å². The lowest BCUT2D eigenvalue weighted by Gasteiger charge is -2.59. The van der Waals surface area contributed by atoms with E-state index in [2.05, 4.69) is 56.2 Å². The third-order valence-corrected chi connectivity index (χ3v) is 12.7. The highest BCUT2D eigenvalue weighted by Gasteiger charge is 2.60. The lowest BCUT2D eigenvalue weighted by Crippen LogP contribution is -2.57. The van der Waals surface area contributed by atoms with E-state index in [1.54, 1.807) is 0 Å². The molecule has 10 nitrogen and oxygen atoms in total. The molecular weight excluding hydrogens is 552 g/mol. The molecule has 44 heavy (non-hydrogen) atoms. The van der Waals surface area contributed by atoms with Crippen molar-refractivity contribution in [3.05, 3.63) is 11.6 Å². The van der Waals surface area contributed by atoms with Crippen molar-refractivity contribution in [3.63, 3.8) is 0 Å². The summed E-state index contributed by atoms with van der Waals surface area (Å²) in [5.41, 5.74) is 22.9. The lowest BCUT2D eigenvalue weighted by molar-refractivity contribution is -0.938. The molecule has 1 amide bonds. The number of quaternary nitrogens is 1. The van der Waals surface area contributed by atoms with Gasteiger partial charge in [0.25, 0.3) is 5.91 Å². The van der Waals surface area contributed by atoms with Gasteiger partial charge >= 0.3 is 0 Å². The quantitative estimate of drug-likeness (QED) is 0.0633. The van der Waals surface area contributed by atoms with Crippen LogP contribution in [0.5, 0.6) is 0 Å². The van der Waals surface area contributed by atoms with Crippen molar-refractivity contribution in [1.29, 1.82) is 0 Å². The number of nitrogens with two attached hydrogens (primary N) is 4. The van der Waals surface area contributed by atoms with Crippen molar-refractivity contribution in [2.45, 2.75) is 118 Å². The van der Waals surface area contributed by atoms with Crippen LogP contribution in [-0.4, -0.2) is 52.9 Å². The van der Waals surface area contributed by atoms with Gasteiger partial charge in [-0.15, -0.1) is 0 Å². The van der Waals surface area contributed by atoms with Crippen LogP contribution in [-0.2, 0) is 4.79 Å². The fourth-order valence-corrected chi connectivity index (χ4v) is 10.2. The van der Waals surface area contributed by atoms with Gasteiger partial charge in [-0.2, -0.15) is 0 Å². The van der Waals surface area contributed by atoms with E-state index < -0.39 is 5.60 Å². The molecule has 0 heterocycles. The minimum atomic E-state index is -1.43. The van der Waals surface area contributed by atoms with Gasteiger partial charge < -0.3 is 33.4 Å². The van der Waals surface area contributed by atoms with Gasteiger partial charge in [-0.05, 0) is 108 Å². The number of carbonyl (C=O) groups is 1. The summed E-state index contributed by atoms with van der Waals surface area (Å²) in [6.07, 6.45) is 14.6. The van der Waals surface area contributed by atoms with Crippen molar-refractivity contribution in [3.8, 4) is 0 Å². The fourth-order valence-electron chi connectivity index (χ4n) is 10.2. The Labute approximate surface area is 266 Å². The van der Waals surface area contributed by atoms with Gasteiger partial charge in [0, 0.05) is 6.42 Å². The number of fused-ring (bicyclic) bond motifs is 5. The standard InChI is InChI=1S/C34H62N8O2/c1-7-42(40-30(35)36,41-31(37)38)20-19-39-29(43)34(44)18-17-32(5)24(21-34)11-12-25-27-14-13-26(23(4)10-8-9-22(2)3)33(27,6)16-15-28(25)32/h11,22-23,25-28,44H,7-10,12-21H2,1-6H3,(H8-,35,36,37,38,39,40,41,43)/p+1/t23-,25+,26-,27+,28+,32+,33-,34?/m1/s1. The number of nitrogens with zero attached hydrogens (tertiary/aromatic N) is 3. The molecule has 4 rings (SSSR count). The third kappa shape index (κ3) is 6.76. The third-order valence-electron chi connectivity index (χ3n) is 12.7. The van der Waals surface area contributed by atoms with Crippen molar-refractivity contribution in [1.82, 2.24) is 5.32 Å². The zero-order valence-corrected chi connectivity index (χ0v) is 28.4. The van der Waals surface area contributed by atoms with Crippen LogP contribution >= 0.6 is 0 Å². The number of likely N-dealkylation sites (N-methyl/N-ethyl adjacent to an activating group) is 1. The Bertz CT molecular complexity index is 1110. The van der Waals surface area contributed by atoms with Crippen LogP contribution in [0.4, 0.5) is 0 Å². The van der Waals surface area contributed by atoms with Gasteiger partial charge in [0.1, 0.15) is 18.7 Å². The first-order valence-corrected chi connectivity index (χ1v) is 17.4. The summed E-state index contributed by atoms with van der Waals surface area (Å²) >= 11 is 0. The molecule has 0 aliphatic heterocycles. The number of hydrogen-bond donors (Lipinski definition) is 6. The summed E-state index contributed by atoms with van der Waals surface area (Å²) in [6, 6.07) is 0. The number of hydrogen-bond acceptors (Lipinski definition) is 4. The van der Waals surface area contributed by atoms with Crippen LogP contribution in [0.1, 0.15) is 112 Å². The van der Waals surface area contributed by atoms with Gasteiger partial charge in [0.05, 0.1) is 6.54 Å². The number of rotatable bonds is 12. The molecule has 1 unspecified atom stereocenters. The number of aliphatic hydroxyl groups is 1. The van der Waals surface area contributed by atoms with Gasteiger partial charge in [0.15, 0.2) is 0 Å². The van der Waals surface area contributed by atoms with Crippen LogP contribution in [0.2, 0.25) is 0 Å². The van der Waals surface area contributed by atoms with E-state index in [0.29, 0.717) is 36.6 Å². The number of allylic oxidation sites excluding steroid dienone is 1.